The van der Waals surface area contributed by atoms with Crippen LogP contribution in [0.2, 0.25) is 0 Å². The second kappa shape index (κ2) is 4.53. The van der Waals surface area contributed by atoms with Gasteiger partial charge < -0.3 is 9.99 Å². The molecular weight excluding hydrogens is 208 g/mol. The van der Waals surface area contributed by atoms with E-state index in [0.717, 1.165) is 5.56 Å². The molecule has 0 unspecified atom stereocenters. The minimum Gasteiger partial charge on any atom is -0.478 e. The molecule has 88 valence electrons. The van der Waals surface area contributed by atoms with Gasteiger partial charge in [-0.2, -0.15) is 4.89 Å². The predicted octanol–water partition coefficient (Wildman–Crippen LogP) is 2.80. The Morgan fingerprint density at radius 1 is 1.31 bits per heavy atom. The van der Waals surface area contributed by atoms with Crippen LogP contribution in [-0.4, -0.2) is 16.7 Å². The zero-order valence-corrected chi connectivity index (χ0v) is 9.90. The van der Waals surface area contributed by atoms with Gasteiger partial charge in [-0.3, -0.25) is 0 Å². The molecule has 0 saturated carbocycles. The van der Waals surface area contributed by atoms with Crippen LogP contribution in [0.3, 0.4) is 0 Å². The Balaban J connectivity index is 2.86. The molecule has 0 radical (unpaired) electrons. The van der Waals surface area contributed by atoms with Gasteiger partial charge in [0.1, 0.15) is 5.60 Å². The van der Waals surface area contributed by atoms with E-state index in [4.69, 9.17) is 14.9 Å². The average Bonchev–Trinajstić information content (AvgIpc) is 2.14. The molecule has 0 atom stereocenters. The third-order valence-corrected chi connectivity index (χ3v) is 1.82. The number of aromatic carboxylic acids is 1. The zero-order chi connectivity index (χ0) is 12.3. The molecule has 0 fully saturated rings. The predicted molar refractivity (Wildman–Crippen MR) is 59.6 cm³/mol. The Morgan fingerprint density at radius 2 is 1.94 bits per heavy atom. The molecule has 0 bridgehead atoms. The Hall–Kier alpha value is -1.55. The fourth-order valence-corrected chi connectivity index (χ4v) is 0.993. The molecular formula is C12H16O4. The second-order valence-corrected chi connectivity index (χ2v) is 4.56. The van der Waals surface area contributed by atoms with Crippen molar-refractivity contribution < 1.29 is 19.7 Å². The van der Waals surface area contributed by atoms with Crippen LogP contribution in [0.25, 0.3) is 0 Å². The van der Waals surface area contributed by atoms with Crippen LogP contribution >= 0.6 is 0 Å². The van der Waals surface area contributed by atoms with Gasteiger partial charge >= 0.3 is 5.97 Å². The standard InChI is InChI=1S/C12H16O4/c1-8-5-6-9(11(13)14)7-10(8)15-16-12(2,3)4/h5-7H,1-4H3,(H,13,14). The van der Waals surface area contributed by atoms with Crippen molar-refractivity contribution in [2.75, 3.05) is 0 Å². The summed E-state index contributed by atoms with van der Waals surface area (Å²) in [5.41, 5.74) is 0.568. The van der Waals surface area contributed by atoms with Gasteiger partial charge in [-0.05, 0) is 45.4 Å². The normalized spacial score (nSPS) is 11.2. The van der Waals surface area contributed by atoms with Gasteiger partial charge in [0.2, 0.25) is 0 Å². The number of aryl methyl sites for hydroxylation is 1. The highest BCUT2D eigenvalue weighted by molar-refractivity contribution is 5.88. The number of benzene rings is 1. The fraction of sp³-hybridized carbons (Fsp3) is 0.417. The summed E-state index contributed by atoms with van der Waals surface area (Å²) in [7, 11) is 0. The lowest BCUT2D eigenvalue weighted by Gasteiger charge is -2.18. The van der Waals surface area contributed by atoms with Crippen molar-refractivity contribution >= 4 is 5.97 Å². The first-order valence-corrected chi connectivity index (χ1v) is 4.99. The fourth-order valence-electron chi connectivity index (χ4n) is 0.993. The van der Waals surface area contributed by atoms with E-state index in [-0.39, 0.29) is 5.56 Å². The molecule has 4 heteroatoms. The van der Waals surface area contributed by atoms with Crippen molar-refractivity contribution in [2.24, 2.45) is 0 Å². The Morgan fingerprint density at radius 3 is 2.44 bits per heavy atom. The van der Waals surface area contributed by atoms with Crippen molar-refractivity contribution in [2.45, 2.75) is 33.3 Å². The minimum atomic E-state index is -0.986. The van der Waals surface area contributed by atoms with Crippen molar-refractivity contribution in [1.29, 1.82) is 0 Å². The lowest BCUT2D eigenvalue weighted by molar-refractivity contribution is -0.274. The molecule has 1 aromatic carbocycles. The van der Waals surface area contributed by atoms with Gasteiger partial charge in [0.05, 0.1) is 5.56 Å². The Bertz CT molecular complexity index is 390. The Labute approximate surface area is 94.7 Å². The van der Waals surface area contributed by atoms with Gasteiger partial charge in [-0.25, -0.2) is 4.79 Å². The smallest absolute Gasteiger partial charge is 0.335 e. The maximum Gasteiger partial charge on any atom is 0.335 e. The van der Waals surface area contributed by atoms with Crippen LogP contribution < -0.4 is 4.89 Å². The first-order valence-electron chi connectivity index (χ1n) is 4.99. The van der Waals surface area contributed by atoms with E-state index in [9.17, 15) is 4.79 Å². The van der Waals surface area contributed by atoms with Gasteiger partial charge in [-0.15, -0.1) is 0 Å². The Kier molecular flexibility index (Phi) is 3.55. The molecule has 0 heterocycles. The summed E-state index contributed by atoms with van der Waals surface area (Å²) in [4.78, 5) is 21.0. The third kappa shape index (κ3) is 3.55. The quantitative estimate of drug-likeness (QED) is 0.633. The van der Waals surface area contributed by atoms with Crippen LogP contribution in [0.1, 0.15) is 36.7 Å². The summed E-state index contributed by atoms with van der Waals surface area (Å²) >= 11 is 0. The van der Waals surface area contributed by atoms with Crippen molar-refractivity contribution in [3.8, 4) is 5.75 Å². The van der Waals surface area contributed by atoms with Gasteiger partial charge in [0, 0.05) is 0 Å². The van der Waals surface area contributed by atoms with Crippen LogP contribution in [0.5, 0.6) is 5.75 Å². The summed E-state index contributed by atoms with van der Waals surface area (Å²) < 4.78 is 0. The van der Waals surface area contributed by atoms with E-state index >= 15 is 0 Å². The number of carboxylic acid groups (broad SMARTS) is 1. The summed E-state index contributed by atoms with van der Waals surface area (Å²) in [5, 5.41) is 8.83. The highest BCUT2D eigenvalue weighted by Crippen LogP contribution is 2.21. The van der Waals surface area contributed by atoms with E-state index in [1.807, 2.05) is 27.7 Å². The molecule has 0 aliphatic heterocycles. The topological polar surface area (TPSA) is 55.8 Å². The molecule has 1 aromatic rings. The number of carbonyl (C=O) groups is 1. The summed E-state index contributed by atoms with van der Waals surface area (Å²) in [6.45, 7) is 7.38. The van der Waals surface area contributed by atoms with Crippen molar-refractivity contribution in [3.63, 3.8) is 0 Å². The van der Waals surface area contributed by atoms with Crippen LogP contribution in [0.15, 0.2) is 18.2 Å². The molecule has 0 saturated heterocycles. The maximum absolute atomic E-state index is 10.8. The summed E-state index contributed by atoms with van der Waals surface area (Å²) in [6, 6.07) is 4.66. The van der Waals surface area contributed by atoms with E-state index in [1.54, 1.807) is 6.07 Å². The highest BCUT2D eigenvalue weighted by Gasteiger charge is 2.14. The first-order chi connectivity index (χ1) is 7.29. The first kappa shape index (κ1) is 12.5. The number of rotatable bonds is 3. The van der Waals surface area contributed by atoms with Crippen LogP contribution in [0.4, 0.5) is 0 Å². The molecule has 0 aliphatic carbocycles. The zero-order valence-electron chi connectivity index (χ0n) is 9.90. The lowest BCUT2D eigenvalue weighted by atomic mass is 10.1. The number of hydrogen-bond acceptors (Lipinski definition) is 3. The van der Waals surface area contributed by atoms with E-state index in [0.29, 0.717) is 5.75 Å². The molecule has 0 aliphatic rings. The average molecular weight is 224 g/mol. The van der Waals surface area contributed by atoms with E-state index in [1.165, 1.54) is 12.1 Å². The number of hydrogen-bond donors (Lipinski definition) is 1. The van der Waals surface area contributed by atoms with Crippen LogP contribution in [0, 0.1) is 6.92 Å². The molecule has 0 aromatic heterocycles. The van der Waals surface area contributed by atoms with Crippen molar-refractivity contribution in [1.82, 2.24) is 0 Å². The summed E-state index contributed by atoms with van der Waals surface area (Å²) in [5.74, 6) is -0.560. The monoisotopic (exact) mass is 224 g/mol. The van der Waals surface area contributed by atoms with E-state index in [2.05, 4.69) is 0 Å². The largest absolute Gasteiger partial charge is 0.478 e. The SMILES string of the molecule is Cc1ccc(C(=O)O)cc1OOC(C)(C)C. The summed E-state index contributed by atoms with van der Waals surface area (Å²) in [6.07, 6.45) is 0. The molecule has 1 N–H and O–H groups in total. The maximum atomic E-state index is 10.8. The molecule has 1 rings (SSSR count). The molecule has 4 nitrogen and oxygen atoms in total. The molecule has 16 heavy (non-hydrogen) atoms. The number of carboxylic acids is 1. The van der Waals surface area contributed by atoms with Crippen molar-refractivity contribution in [3.05, 3.63) is 29.3 Å². The van der Waals surface area contributed by atoms with Gasteiger partial charge in [-0.1, -0.05) is 6.07 Å². The lowest BCUT2D eigenvalue weighted by Crippen LogP contribution is -2.21. The van der Waals surface area contributed by atoms with Gasteiger partial charge in [0.15, 0.2) is 5.75 Å². The second-order valence-electron chi connectivity index (χ2n) is 4.56. The van der Waals surface area contributed by atoms with Gasteiger partial charge in [0.25, 0.3) is 0 Å². The molecule has 0 amide bonds. The minimum absolute atomic E-state index is 0.179. The highest BCUT2D eigenvalue weighted by atomic mass is 17.2. The molecule has 0 spiro atoms. The third-order valence-electron chi connectivity index (χ3n) is 1.82. The van der Waals surface area contributed by atoms with E-state index < -0.39 is 11.6 Å². The van der Waals surface area contributed by atoms with Crippen LogP contribution in [-0.2, 0) is 4.89 Å².